The van der Waals surface area contributed by atoms with Crippen molar-refractivity contribution < 1.29 is 48.1 Å². The molecule has 0 unspecified atom stereocenters. The number of rotatable bonds is 8. The SMILES string of the molecule is CC(C)CN(Cc1cccc(OS(=O)(=O)c2ccc(F)cc2)c1)C(=O)c1cc(C(F)(F)F)cc(C(F)(F)F)c1. The maximum absolute atomic E-state index is 13.3. The molecule has 0 saturated heterocycles. The summed E-state index contributed by atoms with van der Waals surface area (Å²) in [5.74, 6) is -2.13. The molecule has 0 aliphatic rings. The van der Waals surface area contributed by atoms with Crippen LogP contribution < -0.4 is 4.18 Å². The van der Waals surface area contributed by atoms with Crippen molar-refractivity contribution in [3.63, 3.8) is 0 Å². The molecule has 0 aliphatic heterocycles. The molecule has 3 aromatic rings. The number of halogens is 7. The van der Waals surface area contributed by atoms with Gasteiger partial charge in [0, 0.05) is 18.7 Å². The molecule has 0 radical (unpaired) electrons. The third-order valence-corrected chi connectivity index (χ3v) is 6.55. The molecule has 39 heavy (non-hydrogen) atoms. The van der Waals surface area contributed by atoms with Gasteiger partial charge in [-0.3, -0.25) is 4.79 Å². The minimum Gasteiger partial charge on any atom is -0.379 e. The molecule has 13 heteroatoms. The number of hydrogen-bond acceptors (Lipinski definition) is 4. The van der Waals surface area contributed by atoms with E-state index in [4.69, 9.17) is 4.18 Å². The summed E-state index contributed by atoms with van der Waals surface area (Å²) in [4.78, 5) is 13.9. The van der Waals surface area contributed by atoms with Crippen molar-refractivity contribution in [3.05, 3.63) is 94.8 Å². The number of amides is 1. The first-order valence-corrected chi connectivity index (χ1v) is 12.7. The lowest BCUT2D eigenvalue weighted by molar-refractivity contribution is -0.143. The third kappa shape index (κ3) is 7.94. The van der Waals surface area contributed by atoms with Crippen LogP contribution in [-0.4, -0.2) is 25.8 Å². The summed E-state index contributed by atoms with van der Waals surface area (Å²) in [6, 6.07) is 9.95. The zero-order valence-electron chi connectivity index (χ0n) is 20.5. The minimum absolute atomic E-state index is 0.0323. The van der Waals surface area contributed by atoms with Gasteiger partial charge in [-0.25, -0.2) is 4.39 Å². The molecule has 0 fully saturated rings. The molecule has 0 heterocycles. The van der Waals surface area contributed by atoms with Gasteiger partial charge in [0.25, 0.3) is 5.91 Å². The van der Waals surface area contributed by atoms with Crippen LogP contribution in [0.5, 0.6) is 5.75 Å². The zero-order chi connectivity index (χ0) is 29.2. The Bertz CT molecular complexity index is 1400. The van der Waals surface area contributed by atoms with E-state index < -0.39 is 50.9 Å². The van der Waals surface area contributed by atoms with Gasteiger partial charge in [-0.1, -0.05) is 26.0 Å². The number of carbonyl (C=O) groups excluding carboxylic acids is 1. The lowest BCUT2D eigenvalue weighted by Crippen LogP contribution is -2.34. The molecule has 5 nitrogen and oxygen atoms in total. The van der Waals surface area contributed by atoms with Gasteiger partial charge in [-0.05, 0) is 66.1 Å². The summed E-state index contributed by atoms with van der Waals surface area (Å²) >= 11 is 0. The highest BCUT2D eigenvalue weighted by Crippen LogP contribution is 2.36. The molecule has 0 aromatic heterocycles. The van der Waals surface area contributed by atoms with Crippen molar-refractivity contribution >= 4 is 16.0 Å². The van der Waals surface area contributed by atoms with Crippen molar-refractivity contribution in [1.29, 1.82) is 0 Å². The fourth-order valence-electron chi connectivity index (χ4n) is 3.61. The van der Waals surface area contributed by atoms with Crippen molar-refractivity contribution in [2.75, 3.05) is 6.54 Å². The van der Waals surface area contributed by atoms with Crippen LogP contribution in [0.25, 0.3) is 0 Å². The first-order valence-electron chi connectivity index (χ1n) is 11.3. The van der Waals surface area contributed by atoms with Gasteiger partial charge >= 0.3 is 22.5 Å². The smallest absolute Gasteiger partial charge is 0.379 e. The Labute approximate surface area is 219 Å². The van der Waals surface area contributed by atoms with E-state index in [0.29, 0.717) is 17.7 Å². The Morgan fingerprint density at radius 2 is 1.44 bits per heavy atom. The van der Waals surface area contributed by atoms with Gasteiger partial charge in [0.1, 0.15) is 16.5 Å². The second kappa shape index (κ2) is 11.2. The first-order chi connectivity index (χ1) is 18.0. The maximum atomic E-state index is 13.3. The van der Waals surface area contributed by atoms with Crippen LogP contribution >= 0.6 is 0 Å². The highest BCUT2D eigenvalue weighted by atomic mass is 32.2. The van der Waals surface area contributed by atoms with Crippen LogP contribution in [0.1, 0.15) is 40.9 Å². The van der Waals surface area contributed by atoms with Crippen LogP contribution in [0, 0.1) is 11.7 Å². The molecule has 0 aliphatic carbocycles. The monoisotopic (exact) mass is 577 g/mol. The molecule has 0 bridgehead atoms. The molecular weight excluding hydrogens is 555 g/mol. The van der Waals surface area contributed by atoms with Crippen LogP contribution in [0.2, 0.25) is 0 Å². The molecule has 210 valence electrons. The summed E-state index contributed by atoms with van der Waals surface area (Å²) < 4.78 is 123. The van der Waals surface area contributed by atoms with Crippen LogP contribution in [0.3, 0.4) is 0 Å². The Morgan fingerprint density at radius 3 is 1.95 bits per heavy atom. The molecule has 3 rings (SSSR count). The van der Waals surface area contributed by atoms with Crippen LogP contribution in [-0.2, 0) is 29.0 Å². The fraction of sp³-hybridized carbons (Fsp3) is 0.269. The average Bonchev–Trinajstić information content (AvgIpc) is 2.82. The molecule has 0 spiro atoms. The van der Waals surface area contributed by atoms with E-state index in [1.165, 1.54) is 24.3 Å². The van der Waals surface area contributed by atoms with E-state index in [2.05, 4.69) is 0 Å². The second-order valence-electron chi connectivity index (χ2n) is 9.01. The Balaban J connectivity index is 1.93. The maximum Gasteiger partial charge on any atom is 0.416 e. The van der Waals surface area contributed by atoms with Gasteiger partial charge in [-0.15, -0.1) is 0 Å². The second-order valence-corrected chi connectivity index (χ2v) is 10.6. The fourth-order valence-corrected chi connectivity index (χ4v) is 4.54. The van der Waals surface area contributed by atoms with E-state index in [1.54, 1.807) is 13.8 Å². The molecule has 0 saturated carbocycles. The van der Waals surface area contributed by atoms with Gasteiger partial charge in [-0.2, -0.15) is 34.8 Å². The van der Waals surface area contributed by atoms with E-state index in [0.717, 1.165) is 29.2 Å². The van der Waals surface area contributed by atoms with Crippen LogP contribution in [0.4, 0.5) is 30.7 Å². The number of alkyl halides is 6. The number of nitrogens with zero attached hydrogens (tertiary/aromatic N) is 1. The lowest BCUT2D eigenvalue weighted by Gasteiger charge is -2.26. The van der Waals surface area contributed by atoms with Gasteiger partial charge < -0.3 is 9.08 Å². The highest BCUT2D eigenvalue weighted by molar-refractivity contribution is 7.87. The zero-order valence-corrected chi connectivity index (χ0v) is 21.3. The Hall–Kier alpha value is -3.61. The third-order valence-electron chi connectivity index (χ3n) is 5.29. The van der Waals surface area contributed by atoms with Crippen molar-refractivity contribution in [3.8, 4) is 5.75 Å². The van der Waals surface area contributed by atoms with Crippen molar-refractivity contribution in [2.24, 2.45) is 5.92 Å². The molecule has 1 amide bonds. The number of benzene rings is 3. The summed E-state index contributed by atoms with van der Waals surface area (Å²) in [6.45, 7) is 3.09. The largest absolute Gasteiger partial charge is 0.416 e. The van der Waals surface area contributed by atoms with E-state index in [-0.39, 0.29) is 35.7 Å². The van der Waals surface area contributed by atoms with Crippen LogP contribution in [0.15, 0.2) is 71.6 Å². The molecular formula is C26H22F7NO4S. The minimum atomic E-state index is -5.12. The highest BCUT2D eigenvalue weighted by Gasteiger charge is 2.38. The molecule has 0 atom stereocenters. The summed E-state index contributed by atoms with van der Waals surface area (Å²) in [5, 5.41) is 0. The predicted octanol–water partition coefficient (Wildman–Crippen LogP) is 6.93. The standard InChI is InChI=1S/C26H22F7NO4S/c1-16(2)14-34(24(35)18-11-19(25(28,29)30)13-20(12-18)26(31,32)33)15-17-4-3-5-22(10-17)38-39(36,37)23-8-6-21(27)7-9-23/h3-13,16H,14-15H2,1-2H3. The normalized spacial score (nSPS) is 12.5. The quantitative estimate of drug-likeness (QED) is 0.215. The van der Waals surface area contributed by atoms with Gasteiger partial charge in [0.15, 0.2) is 0 Å². The van der Waals surface area contributed by atoms with E-state index in [9.17, 15) is 43.9 Å². The topological polar surface area (TPSA) is 63.7 Å². The van der Waals surface area contributed by atoms with Crippen molar-refractivity contribution in [2.45, 2.75) is 37.6 Å². The summed E-state index contributed by atoms with van der Waals surface area (Å²) in [5.41, 5.74) is -3.75. The first kappa shape index (κ1) is 29.9. The number of carbonyl (C=O) groups is 1. The summed E-state index contributed by atoms with van der Waals surface area (Å²) in [7, 11) is -4.35. The predicted molar refractivity (Wildman–Crippen MR) is 127 cm³/mol. The van der Waals surface area contributed by atoms with Gasteiger partial charge in [0.2, 0.25) is 0 Å². The Kier molecular flexibility index (Phi) is 8.63. The lowest BCUT2D eigenvalue weighted by atomic mass is 10.0. The summed E-state index contributed by atoms with van der Waals surface area (Å²) in [6.07, 6.45) is -10.2. The average molecular weight is 578 g/mol. The van der Waals surface area contributed by atoms with Gasteiger partial charge in [0.05, 0.1) is 11.1 Å². The van der Waals surface area contributed by atoms with E-state index >= 15 is 0 Å². The number of hydrogen-bond donors (Lipinski definition) is 0. The molecule has 0 N–H and O–H groups in total. The Morgan fingerprint density at radius 1 is 0.872 bits per heavy atom. The van der Waals surface area contributed by atoms with Crippen molar-refractivity contribution in [1.82, 2.24) is 4.90 Å². The van der Waals surface area contributed by atoms with E-state index in [1.807, 2.05) is 0 Å². The molecule has 3 aromatic carbocycles.